The average molecular weight is 321 g/mol. The monoisotopic (exact) mass is 321 g/mol. The lowest BCUT2D eigenvalue weighted by Crippen LogP contribution is -2.73. The molecule has 6 heteroatoms. The van der Waals surface area contributed by atoms with E-state index in [1.54, 1.807) is 7.05 Å². The van der Waals surface area contributed by atoms with Crippen LogP contribution >= 0.6 is 0 Å². The molecule has 0 radical (unpaired) electrons. The van der Waals surface area contributed by atoms with Crippen LogP contribution in [0.4, 0.5) is 0 Å². The maximum absolute atomic E-state index is 12.2. The quantitative estimate of drug-likeness (QED) is 0.787. The van der Waals surface area contributed by atoms with Gasteiger partial charge in [-0.05, 0) is 37.5 Å². The summed E-state index contributed by atoms with van der Waals surface area (Å²) in [5, 5.41) is 2.75. The number of likely N-dealkylation sites (N-methyl/N-ethyl adjacent to an activating group) is 1. The highest BCUT2D eigenvalue weighted by Crippen LogP contribution is 2.38. The summed E-state index contributed by atoms with van der Waals surface area (Å²) in [4.78, 5) is 28.5. The second-order valence-electron chi connectivity index (χ2n) is 7.89. The van der Waals surface area contributed by atoms with Crippen LogP contribution in [0, 0.1) is 11.8 Å². The van der Waals surface area contributed by atoms with Gasteiger partial charge in [0.1, 0.15) is 11.6 Å². The third-order valence-electron chi connectivity index (χ3n) is 5.69. The number of morpholine rings is 1. The van der Waals surface area contributed by atoms with Crippen molar-refractivity contribution in [3.8, 4) is 0 Å². The van der Waals surface area contributed by atoms with Crippen LogP contribution in [0.3, 0.4) is 0 Å². The molecule has 2 saturated heterocycles. The maximum atomic E-state index is 12.2. The van der Waals surface area contributed by atoms with Crippen LogP contribution in [0.25, 0.3) is 0 Å². The standard InChI is InChI=1S/C17H27N3O3/c1-18-16(22)14-8-23-17(9-19(14)7-13-4-5-13)10-20(11-17)15(21)6-12-2-3-12/h12-14H,2-11H2,1H3,(H,18,22)/t14-/m0/s1. The number of nitrogens with zero attached hydrogens (tertiary/aromatic N) is 2. The number of hydrogen-bond acceptors (Lipinski definition) is 4. The predicted octanol–water partition coefficient (Wildman–Crippen LogP) is 0.224. The van der Waals surface area contributed by atoms with Crippen molar-refractivity contribution < 1.29 is 14.3 Å². The molecule has 0 aromatic rings. The first-order valence-corrected chi connectivity index (χ1v) is 8.96. The summed E-state index contributed by atoms with van der Waals surface area (Å²) in [6.45, 7) is 3.59. The van der Waals surface area contributed by atoms with Crippen molar-refractivity contribution in [2.24, 2.45) is 11.8 Å². The Bertz CT molecular complexity index is 495. The summed E-state index contributed by atoms with van der Waals surface area (Å²) < 4.78 is 6.07. The highest BCUT2D eigenvalue weighted by molar-refractivity contribution is 5.82. The Morgan fingerprint density at radius 2 is 1.83 bits per heavy atom. The minimum absolute atomic E-state index is 0.0430. The summed E-state index contributed by atoms with van der Waals surface area (Å²) in [5.41, 5.74) is -0.237. The molecule has 0 unspecified atom stereocenters. The zero-order valence-electron chi connectivity index (χ0n) is 13.9. The number of carbonyl (C=O) groups excluding carboxylic acids is 2. The lowest BCUT2D eigenvalue weighted by molar-refractivity contribution is -0.204. The molecule has 1 atom stereocenters. The van der Waals surface area contributed by atoms with Gasteiger partial charge < -0.3 is 15.0 Å². The number of likely N-dealkylation sites (tertiary alicyclic amines) is 1. The molecule has 2 saturated carbocycles. The molecule has 4 rings (SSSR count). The number of ether oxygens (including phenoxy) is 1. The molecule has 2 aliphatic carbocycles. The minimum atomic E-state index is -0.237. The van der Waals surface area contributed by atoms with E-state index in [1.807, 2.05) is 4.90 Å². The van der Waals surface area contributed by atoms with Crippen LogP contribution < -0.4 is 5.32 Å². The number of hydrogen-bond donors (Lipinski definition) is 1. The van der Waals surface area contributed by atoms with Gasteiger partial charge in [-0.3, -0.25) is 14.5 Å². The van der Waals surface area contributed by atoms with E-state index >= 15 is 0 Å². The third kappa shape index (κ3) is 3.24. The van der Waals surface area contributed by atoms with E-state index in [0.29, 0.717) is 32.0 Å². The Labute approximate surface area is 137 Å². The molecule has 0 aromatic heterocycles. The molecule has 1 spiro atoms. The molecule has 4 aliphatic rings. The van der Waals surface area contributed by atoms with Crippen LogP contribution in [0.1, 0.15) is 32.1 Å². The van der Waals surface area contributed by atoms with Crippen molar-refractivity contribution in [1.29, 1.82) is 0 Å². The van der Waals surface area contributed by atoms with Gasteiger partial charge in [0.25, 0.3) is 0 Å². The summed E-state index contributed by atoms with van der Waals surface area (Å²) in [5.74, 6) is 1.70. The van der Waals surface area contributed by atoms with E-state index < -0.39 is 0 Å². The number of nitrogens with one attached hydrogen (secondary N) is 1. The van der Waals surface area contributed by atoms with Gasteiger partial charge in [0.15, 0.2) is 0 Å². The molecule has 1 N–H and O–H groups in total. The fourth-order valence-electron chi connectivity index (χ4n) is 3.83. The van der Waals surface area contributed by atoms with Crippen LogP contribution in [-0.4, -0.2) is 73.1 Å². The zero-order chi connectivity index (χ0) is 16.0. The van der Waals surface area contributed by atoms with E-state index in [0.717, 1.165) is 19.0 Å². The molecule has 0 bridgehead atoms. The highest BCUT2D eigenvalue weighted by Gasteiger charge is 2.52. The molecule has 2 heterocycles. The highest BCUT2D eigenvalue weighted by atomic mass is 16.5. The van der Waals surface area contributed by atoms with E-state index in [9.17, 15) is 9.59 Å². The molecular weight excluding hydrogens is 294 g/mol. The van der Waals surface area contributed by atoms with Crippen LogP contribution in [-0.2, 0) is 14.3 Å². The molecule has 0 aromatic carbocycles. The Morgan fingerprint density at radius 1 is 1.13 bits per heavy atom. The number of rotatable bonds is 5. The van der Waals surface area contributed by atoms with Gasteiger partial charge in [0, 0.05) is 26.6 Å². The molecule has 128 valence electrons. The smallest absolute Gasteiger partial charge is 0.239 e. The number of carbonyl (C=O) groups is 2. The molecule has 6 nitrogen and oxygen atoms in total. The summed E-state index contributed by atoms with van der Waals surface area (Å²) in [7, 11) is 1.68. The Morgan fingerprint density at radius 3 is 2.43 bits per heavy atom. The topological polar surface area (TPSA) is 61.9 Å². The van der Waals surface area contributed by atoms with Crippen LogP contribution in [0.5, 0.6) is 0 Å². The van der Waals surface area contributed by atoms with Gasteiger partial charge in [-0.1, -0.05) is 0 Å². The Kier molecular flexibility index (Phi) is 3.84. The van der Waals surface area contributed by atoms with Gasteiger partial charge in [0.2, 0.25) is 11.8 Å². The first-order valence-electron chi connectivity index (χ1n) is 8.96. The van der Waals surface area contributed by atoms with Crippen molar-refractivity contribution in [3.63, 3.8) is 0 Å². The van der Waals surface area contributed by atoms with Crippen LogP contribution in [0.15, 0.2) is 0 Å². The predicted molar refractivity (Wildman–Crippen MR) is 84.8 cm³/mol. The maximum Gasteiger partial charge on any atom is 0.239 e. The van der Waals surface area contributed by atoms with Gasteiger partial charge in [-0.2, -0.15) is 0 Å². The fourth-order valence-corrected chi connectivity index (χ4v) is 3.83. The molecular formula is C17H27N3O3. The first kappa shape index (κ1) is 15.4. The summed E-state index contributed by atoms with van der Waals surface area (Å²) >= 11 is 0. The van der Waals surface area contributed by atoms with Crippen molar-refractivity contribution in [2.45, 2.75) is 43.7 Å². The molecule has 2 aliphatic heterocycles. The minimum Gasteiger partial charge on any atom is -0.368 e. The second-order valence-corrected chi connectivity index (χ2v) is 7.89. The van der Waals surface area contributed by atoms with Crippen molar-refractivity contribution in [3.05, 3.63) is 0 Å². The number of amides is 2. The average Bonchev–Trinajstić information content (AvgIpc) is 3.40. The van der Waals surface area contributed by atoms with Gasteiger partial charge >= 0.3 is 0 Å². The summed E-state index contributed by atoms with van der Waals surface area (Å²) in [6, 6.07) is -0.178. The molecule has 23 heavy (non-hydrogen) atoms. The van der Waals surface area contributed by atoms with Crippen LogP contribution in [0.2, 0.25) is 0 Å². The lowest BCUT2D eigenvalue weighted by atomic mass is 9.89. The van der Waals surface area contributed by atoms with Crippen molar-refractivity contribution >= 4 is 11.8 Å². The largest absolute Gasteiger partial charge is 0.368 e. The second kappa shape index (κ2) is 5.74. The zero-order valence-corrected chi connectivity index (χ0v) is 13.9. The van der Waals surface area contributed by atoms with E-state index in [4.69, 9.17) is 4.74 Å². The third-order valence-corrected chi connectivity index (χ3v) is 5.69. The van der Waals surface area contributed by atoms with Crippen molar-refractivity contribution in [2.75, 3.05) is 39.8 Å². The fraction of sp³-hybridized carbons (Fsp3) is 0.882. The van der Waals surface area contributed by atoms with Crippen molar-refractivity contribution in [1.82, 2.24) is 15.1 Å². The van der Waals surface area contributed by atoms with E-state index in [1.165, 1.54) is 25.7 Å². The molecule has 4 fully saturated rings. The Balaban J connectivity index is 1.35. The SMILES string of the molecule is CNC(=O)[C@@H]1COC2(CN(C(=O)CC3CC3)C2)CN1CC1CC1. The van der Waals surface area contributed by atoms with Gasteiger partial charge in [-0.15, -0.1) is 0 Å². The van der Waals surface area contributed by atoms with E-state index in [-0.39, 0.29) is 23.5 Å². The van der Waals surface area contributed by atoms with E-state index in [2.05, 4.69) is 10.2 Å². The summed E-state index contributed by atoms with van der Waals surface area (Å²) in [6.07, 6.45) is 5.69. The normalized spacial score (nSPS) is 30.1. The van der Waals surface area contributed by atoms with Gasteiger partial charge in [0.05, 0.1) is 19.7 Å². The van der Waals surface area contributed by atoms with Gasteiger partial charge in [-0.25, -0.2) is 0 Å². The first-order chi connectivity index (χ1) is 11.1. The Hall–Kier alpha value is -1.14. The molecule has 2 amide bonds. The lowest BCUT2D eigenvalue weighted by Gasteiger charge is -2.55.